The SMILES string of the molecule is C=C/C(=C\C=C(C)C)NC(=O)Nc1cccc(C(C)C)c1F. The summed E-state index contributed by atoms with van der Waals surface area (Å²) in [6.45, 7) is 11.3. The Morgan fingerprint density at radius 2 is 1.95 bits per heavy atom. The molecule has 1 aromatic rings. The second-order valence-corrected chi connectivity index (χ2v) is 5.51. The Kier molecular flexibility index (Phi) is 6.57. The predicted octanol–water partition coefficient (Wildman–Crippen LogP) is 5.11. The Balaban J connectivity index is 2.85. The van der Waals surface area contributed by atoms with Crippen LogP contribution in [-0.4, -0.2) is 6.03 Å². The van der Waals surface area contributed by atoms with Crippen LogP contribution in [0.15, 0.2) is 54.3 Å². The smallest absolute Gasteiger partial charge is 0.308 e. The quantitative estimate of drug-likeness (QED) is 0.729. The van der Waals surface area contributed by atoms with E-state index in [9.17, 15) is 9.18 Å². The summed E-state index contributed by atoms with van der Waals surface area (Å²) in [6, 6.07) is 4.47. The second-order valence-electron chi connectivity index (χ2n) is 5.51. The van der Waals surface area contributed by atoms with Crippen LogP contribution in [0, 0.1) is 5.82 Å². The summed E-state index contributed by atoms with van der Waals surface area (Å²) in [5.41, 5.74) is 2.37. The number of carbonyl (C=O) groups is 1. The van der Waals surface area contributed by atoms with E-state index in [1.165, 1.54) is 12.1 Å². The van der Waals surface area contributed by atoms with E-state index in [-0.39, 0.29) is 11.6 Å². The molecule has 0 saturated heterocycles. The van der Waals surface area contributed by atoms with Gasteiger partial charge in [0.1, 0.15) is 5.82 Å². The van der Waals surface area contributed by atoms with Gasteiger partial charge in [0.05, 0.1) is 5.69 Å². The van der Waals surface area contributed by atoms with Gasteiger partial charge in [-0.05, 0) is 43.5 Å². The van der Waals surface area contributed by atoms with Gasteiger partial charge in [0.2, 0.25) is 0 Å². The first-order chi connectivity index (χ1) is 10.3. The van der Waals surface area contributed by atoms with E-state index in [4.69, 9.17) is 0 Å². The number of amides is 2. The molecule has 0 aromatic heterocycles. The molecule has 22 heavy (non-hydrogen) atoms. The summed E-state index contributed by atoms with van der Waals surface area (Å²) in [6.07, 6.45) is 5.12. The zero-order valence-electron chi connectivity index (χ0n) is 13.5. The number of benzene rings is 1. The highest BCUT2D eigenvalue weighted by atomic mass is 19.1. The average molecular weight is 302 g/mol. The molecular formula is C18H23FN2O. The van der Waals surface area contributed by atoms with E-state index < -0.39 is 11.8 Å². The first kappa shape index (κ1) is 17.7. The first-order valence-corrected chi connectivity index (χ1v) is 7.19. The molecule has 0 atom stereocenters. The van der Waals surface area contributed by atoms with Crippen molar-refractivity contribution in [3.63, 3.8) is 0 Å². The molecule has 0 aliphatic heterocycles. The lowest BCUT2D eigenvalue weighted by atomic mass is 10.0. The van der Waals surface area contributed by atoms with Gasteiger partial charge in [-0.25, -0.2) is 9.18 Å². The van der Waals surface area contributed by atoms with Gasteiger partial charge in [-0.15, -0.1) is 0 Å². The van der Waals surface area contributed by atoms with Gasteiger partial charge in [-0.2, -0.15) is 0 Å². The average Bonchev–Trinajstić information content (AvgIpc) is 2.45. The zero-order chi connectivity index (χ0) is 16.7. The Morgan fingerprint density at radius 3 is 2.50 bits per heavy atom. The van der Waals surface area contributed by atoms with Crippen molar-refractivity contribution in [1.29, 1.82) is 0 Å². The van der Waals surface area contributed by atoms with Crippen molar-refractivity contribution in [3.8, 4) is 0 Å². The fourth-order valence-electron chi connectivity index (χ4n) is 1.79. The molecule has 1 rings (SSSR count). The fraction of sp³-hybridized carbons (Fsp3) is 0.278. The second kappa shape index (κ2) is 8.17. The molecule has 0 radical (unpaired) electrons. The Hall–Kier alpha value is -2.36. The minimum atomic E-state index is -0.506. The van der Waals surface area contributed by atoms with Gasteiger partial charge in [-0.1, -0.05) is 44.2 Å². The van der Waals surface area contributed by atoms with Gasteiger partial charge in [0, 0.05) is 5.70 Å². The van der Waals surface area contributed by atoms with E-state index in [1.807, 2.05) is 33.8 Å². The molecule has 2 amide bonds. The summed E-state index contributed by atoms with van der Waals surface area (Å²) in [5, 5.41) is 5.15. The fourth-order valence-corrected chi connectivity index (χ4v) is 1.79. The number of halogens is 1. The summed E-state index contributed by atoms with van der Waals surface area (Å²) in [7, 11) is 0. The van der Waals surface area contributed by atoms with Crippen molar-refractivity contribution < 1.29 is 9.18 Å². The molecule has 0 heterocycles. The summed E-state index contributed by atoms with van der Waals surface area (Å²) >= 11 is 0. The molecule has 0 fully saturated rings. The Labute approximate surface area is 131 Å². The van der Waals surface area contributed by atoms with Gasteiger partial charge in [0.15, 0.2) is 0 Å². The summed E-state index contributed by atoms with van der Waals surface area (Å²) < 4.78 is 14.3. The number of rotatable bonds is 5. The number of allylic oxidation sites excluding steroid dienone is 4. The largest absolute Gasteiger partial charge is 0.323 e. The molecule has 0 bridgehead atoms. The number of hydrogen-bond donors (Lipinski definition) is 2. The monoisotopic (exact) mass is 302 g/mol. The highest BCUT2D eigenvalue weighted by Crippen LogP contribution is 2.24. The topological polar surface area (TPSA) is 41.1 Å². The molecule has 0 aliphatic rings. The van der Waals surface area contributed by atoms with Crippen LogP contribution >= 0.6 is 0 Å². The maximum absolute atomic E-state index is 14.3. The Bertz CT molecular complexity index is 612. The molecule has 0 aliphatic carbocycles. The van der Waals surface area contributed by atoms with Crippen molar-refractivity contribution in [1.82, 2.24) is 5.32 Å². The van der Waals surface area contributed by atoms with Crippen LogP contribution in [0.1, 0.15) is 39.2 Å². The molecule has 3 nitrogen and oxygen atoms in total. The molecule has 118 valence electrons. The van der Waals surface area contributed by atoms with Crippen molar-refractivity contribution >= 4 is 11.7 Å². The van der Waals surface area contributed by atoms with Crippen LogP contribution in [0.2, 0.25) is 0 Å². The standard InChI is InChI=1S/C18H23FN2O/c1-6-14(11-10-12(2)3)20-18(22)21-16-9-7-8-15(13(4)5)17(16)19/h6-11,13H,1H2,2-5H3,(H2,20,21,22)/b14-11+. The van der Waals surface area contributed by atoms with Gasteiger partial charge in [-0.3, -0.25) is 0 Å². The van der Waals surface area contributed by atoms with Crippen LogP contribution in [0.4, 0.5) is 14.9 Å². The van der Waals surface area contributed by atoms with Crippen LogP contribution in [-0.2, 0) is 0 Å². The minimum Gasteiger partial charge on any atom is -0.308 e. The summed E-state index contributed by atoms with van der Waals surface area (Å²) in [4.78, 5) is 12.0. The van der Waals surface area contributed by atoms with Gasteiger partial charge in [0.25, 0.3) is 0 Å². The number of nitrogens with one attached hydrogen (secondary N) is 2. The highest BCUT2D eigenvalue weighted by Gasteiger charge is 2.12. The van der Waals surface area contributed by atoms with Crippen molar-refractivity contribution in [2.45, 2.75) is 33.6 Å². The predicted molar refractivity (Wildman–Crippen MR) is 90.4 cm³/mol. The number of urea groups is 1. The third-order valence-electron chi connectivity index (χ3n) is 2.97. The van der Waals surface area contributed by atoms with Crippen molar-refractivity contribution in [2.75, 3.05) is 5.32 Å². The van der Waals surface area contributed by atoms with Gasteiger partial charge >= 0.3 is 6.03 Å². The highest BCUT2D eigenvalue weighted by molar-refractivity contribution is 5.91. The molecule has 2 N–H and O–H groups in total. The third kappa shape index (κ3) is 5.20. The zero-order valence-corrected chi connectivity index (χ0v) is 13.5. The lowest BCUT2D eigenvalue weighted by molar-refractivity contribution is 0.254. The summed E-state index contributed by atoms with van der Waals surface area (Å²) in [5.74, 6) is -0.354. The molecule has 0 spiro atoms. The van der Waals surface area contributed by atoms with Crippen LogP contribution in [0.25, 0.3) is 0 Å². The van der Waals surface area contributed by atoms with Crippen molar-refractivity contribution in [3.05, 3.63) is 65.7 Å². The Morgan fingerprint density at radius 1 is 1.27 bits per heavy atom. The molecular weight excluding hydrogens is 279 g/mol. The number of hydrogen-bond acceptors (Lipinski definition) is 1. The van der Waals surface area contributed by atoms with E-state index in [2.05, 4.69) is 17.2 Å². The molecule has 0 saturated carbocycles. The lowest BCUT2D eigenvalue weighted by Crippen LogP contribution is -2.28. The first-order valence-electron chi connectivity index (χ1n) is 7.19. The van der Waals surface area contributed by atoms with Crippen LogP contribution < -0.4 is 10.6 Å². The number of carbonyl (C=O) groups excluding carboxylic acids is 1. The lowest BCUT2D eigenvalue weighted by Gasteiger charge is -2.12. The van der Waals surface area contributed by atoms with E-state index >= 15 is 0 Å². The van der Waals surface area contributed by atoms with E-state index in [1.54, 1.807) is 18.2 Å². The maximum atomic E-state index is 14.3. The third-order valence-corrected chi connectivity index (χ3v) is 2.97. The molecule has 4 heteroatoms. The van der Waals surface area contributed by atoms with E-state index in [0.29, 0.717) is 11.3 Å². The molecule has 1 aromatic carbocycles. The normalized spacial score (nSPS) is 11.1. The van der Waals surface area contributed by atoms with E-state index in [0.717, 1.165) is 5.57 Å². The molecule has 0 unspecified atom stereocenters. The maximum Gasteiger partial charge on any atom is 0.323 e. The minimum absolute atomic E-state index is 0.0473. The van der Waals surface area contributed by atoms with Crippen LogP contribution in [0.5, 0.6) is 0 Å². The van der Waals surface area contributed by atoms with Gasteiger partial charge < -0.3 is 10.6 Å². The van der Waals surface area contributed by atoms with Crippen molar-refractivity contribution in [2.24, 2.45) is 0 Å². The van der Waals surface area contributed by atoms with Crippen LogP contribution in [0.3, 0.4) is 0 Å². The number of anilines is 1.